The van der Waals surface area contributed by atoms with Gasteiger partial charge in [0.1, 0.15) is 5.75 Å². The maximum Gasteiger partial charge on any atom is 0.226 e. The van der Waals surface area contributed by atoms with Crippen LogP contribution in [-0.4, -0.2) is 17.6 Å². The molecular formula is C18H18N2O2S. The number of nitrogens with zero attached hydrogens (tertiary/aromatic N) is 1. The van der Waals surface area contributed by atoms with Crippen molar-refractivity contribution in [1.29, 1.82) is 0 Å². The highest BCUT2D eigenvalue weighted by Gasteiger charge is 2.18. The van der Waals surface area contributed by atoms with Crippen LogP contribution in [0, 0.1) is 0 Å². The molecule has 2 heterocycles. The van der Waals surface area contributed by atoms with E-state index >= 15 is 0 Å². The van der Waals surface area contributed by atoms with E-state index in [0.29, 0.717) is 6.42 Å². The molecule has 0 spiro atoms. The van der Waals surface area contributed by atoms with Crippen LogP contribution in [0.5, 0.6) is 5.75 Å². The van der Waals surface area contributed by atoms with E-state index in [2.05, 4.69) is 16.0 Å². The molecule has 1 atom stereocenters. The fraction of sp³-hybridized carbons (Fsp3) is 0.167. The van der Waals surface area contributed by atoms with Crippen molar-refractivity contribution in [1.82, 2.24) is 4.57 Å². The molecule has 5 heteroatoms. The quantitative estimate of drug-likeness (QED) is 0.738. The minimum atomic E-state index is -0.0228. The van der Waals surface area contributed by atoms with Gasteiger partial charge in [-0.25, -0.2) is 0 Å². The molecule has 0 aliphatic heterocycles. The average molecular weight is 326 g/mol. The van der Waals surface area contributed by atoms with Gasteiger partial charge in [-0.3, -0.25) is 4.79 Å². The lowest BCUT2D eigenvalue weighted by Gasteiger charge is -2.17. The Kier molecular flexibility index (Phi) is 4.78. The van der Waals surface area contributed by atoms with Gasteiger partial charge >= 0.3 is 0 Å². The predicted molar refractivity (Wildman–Crippen MR) is 93.1 cm³/mol. The van der Waals surface area contributed by atoms with E-state index in [1.54, 1.807) is 18.4 Å². The van der Waals surface area contributed by atoms with Crippen LogP contribution in [0.2, 0.25) is 0 Å². The molecule has 23 heavy (non-hydrogen) atoms. The van der Waals surface area contributed by atoms with E-state index < -0.39 is 0 Å². The first-order valence-corrected chi connectivity index (χ1v) is 8.24. The lowest BCUT2D eigenvalue weighted by molar-refractivity contribution is -0.116. The summed E-state index contributed by atoms with van der Waals surface area (Å²) in [7, 11) is 1.61. The molecule has 0 aliphatic carbocycles. The first-order valence-electron chi connectivity index (χ1n) is 7.36. The van der Waals surface area contributed by atoms with Crippen molar-refractivity contribution in [3.63, 3.8) is 0 Å². The van der Waals surface area contributed by atoms with Gasteiger partial charge in [-0.2, -0.15) is 0 Å². The number of hydrogen-bond acceptors (Lipinski definition) is 3. The topological polar surface area (TPSA) is 43.3 Å². The number of hydrogen-bond donors (Lipinski definition) is 1. The maximum atomic E-state index is 12.5. The first kappa shape index (κ1) is 15.4. The number of ether oxygens (including phenoxy) is 1. The number of anilines is 1. The highest BCUT2D eigenvalue weighted by Crippen LogP contribution is 2.27. The normalized spacial score (nSPS) is 11.9. The summed E-state index contributed by atoms with van der Waals surface area (Å²) in [6.07, 6.45) is 4.36. The number of nitrogens with one attached hydrogen (secondary N) is 1. The summed E-state index contributed by atoms with van der Waals surface area (Å²) in [5, 5.41) is 4.98. The van der Waals surface area contributed by atoms with E-state index in [0.717, 1.165) is 11.4 Å². The number of methoxy groups -OCH3 is 1. The van der Waals surface area contributed by atoms with Crippen molar-refractivity contribution in [3.05, 3.63) is 71.2 Å². The lowest BCUT2D eigenvalue weighted by Crippen LogP contribution is -2.19. The number of thiophene rings is 1. The molecule has 3 aromatic rings. The molecule has 1 aromatic carbocycles. The van der Waals surface area contributed by atoms with Gasteiger partial charge in [0, 0.05) is 29.0 Å². The highest BCUT2D eigenvalue weighted by molar-refractivity contribution is 7.10. The third-order valence-electron chi connectivity index (χ3n) is 3.59. The van der Waals surface area contributed by atoms with Crippen LogP contribution in [-0.2, 0) is 4.79 Å². The van der Waals surface area contributed by atoms with Crippen molar-refractivity contribution < 1.29 is 9.53 Å². The number of benzene rings is 1. The molecule has 2 aromatic heterocycles. The summed E-state index contributed by atoms with van der Waals surface area (Å²) in [6, 6.07) is 15.4. The van der Waals surface area contributed by atoms with Crippen LogP contribution in [0.3, 0.4) is 0 Å². The maximum absolute atomic E-state index is 12.5. The van der Waals surface area contributed by atoms with E-state index in [1.807, 2.05) is 60.2 Å². The predicted octanol–water partition coefficient (Wildman–Crippen LogP) is 4.18. The van der Waals surface area contributed by atoms with Crippen LogP contribution < -0.4 is 10.1 Å². The molecule has 0 radical (unpaired) electrons. The summed E-state index contributed by atoms with van der Waals surface area (Å²) < 4.78 is 7.25. The third kappa shape index (κ3) is 3.81. The number of carbonyl (C=O) groups is 1. The Balaban J connectivity index is 1.73. The Bertz CT molecular complexity index is 717. The van der Waals surface area contributed by atoms with Crippen molar-refractivity contribution in [2.75, 3.05) is 12.4 Å². The second-order valence-corrected chi connectivity index (χ2v) is 6.13. The minimum absolute atomic E-state index is 0.00982. The van der Waals surface area contributed by atoms with Gasteiger partial charge in [0.05, 0.1) is 19.6 Å². The zero-order chi connectivity index (χ0) is 16.1. The number of rotatable bonds is 6. The van der Waals surface area contributed by atoms with Crippen LogP contribution >= 0.6 is 11.3 Å². The molecule has 118 valence electrons. The fourth-order valence-corrected chi connectivity index (χ4v) is 3.31. The van der Waals surface area contributed by atoms with Gasteiger partial charge in [0.15, 0.2) is 0 Å². The zero-order valence-corrected chi connectivity index (χ0v) is 13.6. The van der Waals surface area contributed by atoms with Gasteiger partial charge < -0.3 is 14.6 Å². The van der Waals surface area contributed by atoms with Gasteiger partial charge in [0.2, 0.25) is 5.91 Å². The SMILES string of the molecule is COc1cccc(NC(=O)CC(c2cccs2)n2cccc2)c1. The van der Waals surface area contributed by atoms with Crippen LogP contribution in [0.4, 0.5) is 5.69 Å². The minimum Gasteiger partial charge on any atom is -0.497 e. The molecule has 0 fully saturated rings. The van der Waals surface area contributed by atoms with Crippen LogP contribution in [0.15, 0.2) is 66.3 Å². The lowest BCUT2D eigenvalue weighted by atomic mass is 10.1. The van der Waals surface area contributed by atoms with E-state index in [1.165, 1.54) is 4.88 Å². The molecule has 0 aliphatic rings. The first-order chi connectivity index (χ1) is 11.3. The van der Waals surface area contributed by atoms with Gasteiger partial charge in [0.25, 0.3) is 0 Å². The van der Waals surface area contributed by atoms with E-state index in [9.17, 15) is 4.79 Å². The highest BCUT2D eigenvalue weighted by atomic mass is 32.1. The molecular weight excluding hydrogens is 308 g/mol. The monoisotopic (exact) mass is 326 g/mol. The molecule has 1 unspecified atom stereocenters. The number of amides is 1. The number of aromatic nitrogens is 1. The molecule has 0 bridgehead atoms. The molecule has 0 saturated carbocycles. The Labute approximate surface area is 139 Å². The van der Waals surface area contributed by atoms with Crippen LogP contribution in [0.25, 0.3) is 0 Å². The Morgan fingerprint density at radius 1 is 1.22 bits per heavy atom. The van der Waals surface area contributed by atoms with Crippen molar-refractivity contribution in [2.45, 2.75) is 12.5 Å². The summed E-state index contributed by atoms with van der Waals surface area (Å²) >= 11 is 1.66. The molecule has 1 N–H and O–H groups in total. The van der Waals surface area contributed by atoms with Gasteiger partial charge in [-0.1, -0.05) is 12.1 Å². The second-order valence-electron chi connectivity index (χ2n) is 5.15. The summed E-state index contributed by atoms with van der Waals surface area (Å²) in [4.78, 5) is 13.6. The van der Waals surface area contributed by atoms with Gasteiger partial charge in [-0.15, -0.1) is 11.3 Å². The van der Waals surface area contributed by atoms with Crippen LogP contribution in [0.1, 0.15) is 17.3 Å². The largest absolute Gasteiger partial charge is 0.497 e. The standard InChI is InChI=1S/C18H18N2O2S/c1-22-15-7-4-6-14(12-15)19-18(21)13-16(17-8-5-11-23-17)20-9-2-3-10-20/h2-12,16H,13H2,1H3,(H,19,21). The summed E-state index contributed by atoms with van der Waals surface area (Å²) in [5.41, 5.74) is 0.742. The molecule has 3 rings (SSSR count). The summed E-state index contributed by atoms with van der Waals surface area (Å²) in [6.45, 7) is 0. The fourth-order valence-electron chi connectivity index (χ4n) is 2.48. The van der Waals surface area contributed by atoms with E-state index in [-0.39, 0.29) is 11.9 Å². The Hall–Kier alpha value is -2.53. The third-order valence-corrected chi connectivity index (χ3v) is 4.56. The van der Waals surface area contributed by atoms with E-state index in [4.69, 9.17) is 4.74 Å². The smallest absolute Gasteiger partial charge is 0.226 e. The second kappa shape index (κ2) is 7.15. The van der Waals surface area contributed by atoms with Crippen molar-refractivity contribution in [3.8, 4) is 5.75 Å². The number of carbonyl (C=O) groups excluding carboxylic acids is 1. The summed E-state index contributed by atoms with van der Waals surface area (Å²) in [5.74, 6) is 0.702. The average Bonchev–Trinajstić information content (AvgIpc) is 3.26. The molecule has 4 nitrogen and oxygen atoms in total. The van der Waals surface area contributed by atoms with Gasteiger partial charge in [-0.05, 0) is 35.7 Å². The van der Waals surface area contributed by atoms with Crippen molar-refractivity contribution >= 4 is 22.9 Å². The molecule has 0 saturated heterocycles. The zero-order valence-electron chi connectivity index (χ0n) is 12.8. The Morgan fingerprint density at radius 2 is 2.04 bits per heavy atom. The Morgan fingerprint density at radius 3 is 2.74 bits per heavy atom. The molecule has 1 amide bonds. The van der Waals surface area contributed by atoms with Crippen molar-refractivity contribution in [2.24, 2.45) is 0 Å².